The highest BCUT2D eigenvalue weighted by molar-refractivity contribution is 7.17. The highest BCUT2D eigenvalue weighted by Gasteiger charge is 2.16. The Bertz CT molecular complexity index is 959. The lowest BCUT2D eigenvalue weighted by molar-refractivity contribution is 0.0701. The summed E-state index contributed by atoms with van der Waals surface area (Å²) in [5, 5.41) is 9.73. The van der Waals surface area contributed by atoms with E-state index in [2.05, 4.69) is 15.0 Å². The number of nitrogens with zero attached hydrogens (tertiary/aromatic N) is 4. The van der Waals surface area contributed by atoms with Crippen LogP contribution in [-0.2, 0) is 0 Å². The van der Waals surface area contributed by atoms with E-state index in [1.54, 1.807) is 26.4 Å². The molecule has 0 spiro atoms. The fourth-order valence-electron chi connectivity index (χ4n) is 2.43. The quantitative estimate of drug-likeness (QED) is 0.616. The molecule has 0 atom stereocenters. The Hall–Kier alpha value is -3.20. The molecule has 3 aromatic rings. The van der Waals surface area contributed by atoms with Gasteiger partial charge in [-0.2, -0.15) is 0 Å². The molecule has 0 fully saturated rings. The van der Waals surface area contributed by atoms with Crippen molar-refractivity contribution < 1.29 is 19.4 Å². The van der Waals surface area contributed by atoms with E-state index >= 15 is 0 Å². The topological polar surface area (TPSA) is 97.7 Å². The standard InChI is InChI=1S/C19H20N4O4S/c1-12-17(19(24)25)28-18(21-12)15-10-20-11-16(22-15)23(2)8-9-27-14-6-4-13(26-3)5-7-14/h4-7,10-11H,8-9H2,1-3H3,(H,24,25). The number of aromatic carboxylic acids is 1. The molecular formula is C19H20N4O4S. The minimum atomic E-state index is -0.988. The van der Waals surface area contributed by atoms with Gasteiger partial charge < -0.3 is 19.5 Å². The second-order valence-corrected chi connectivity index (χ2v) is 6.95. The van der Waals surface area contributed by atoms with E-state index in [9.17, 15) is 9.90 Å². The number of anilines is 1. The van der Waals surface area contributed by atoms with Crippen LogP contribution < -0.4 is 14.4 Å². The Morgan fingerprint density at radius 2 is 1.89 bits per heavy atom. The minimum absolute atomic E-state index is 0.212. The molecular weight excluding hydrogens is 380 g/mol. The Morgan fingerprint density at radius 3 is 2.54 bits per heavy atom. The van der Waals surface area contributed by atoms with Crippen LogP contribution >= 0.6 is 11.3 Å². The summed E-state index contributed by atoms with van der Waals surface area (Å²) in [4.78, 5) is 26.4. The van der Waals surface area contributed by atoms with Crippen molar-refractivity contribution in [1.29, 1.82) is 0 Å². The number of carboxylic acid groups (broad SMARTS) is 1. The summed E-state index contributed by atoms with van der Waals surface area (Å²) in [6, 6.07) is 7.39. The Kier molecular flexibility index (Phi) is 6.05. The van der Waals surface area contributed by atoms with Gasteiger partial charge in [-0.25, -0.2) is 14.8 Å². The zero-order chi connectivity index (χ0) is 20.1. The predicted octanol–water partition coefficient (Wildman–Crippen LogP) is 3.13. The first-order valence-corrected chi connectivity index (χ1v) is 9.30. The monoisotopic (exact) mass is 400 g/mol. The van der Waals surface area contributed by atoms with Crippen LogP contribution in [-0.4, -0.2) is 53.3 Å². The van der Waals surface area contributed by atoms with E-state index in [-0.39, 0.29) is 4.88 Å². The molecule has 0 radical (unpaired) electrons. The average Bonchev–Trinajstić information content (AvgIpc) is 3.10. The lowest BCUT2D eigenvalue weighted by Gasteiger charge is -2.18. The molecule has 8 nitrogen and oxygen atoms in total. The molecule has 0 amide bonds. The molecule has 0 unspecified atom stereocenters. The van der Waals surface area contributed by atoms with Crippen LogP contribution in [0.2, 0.25) is 0 Å². The maximum atomic E-state index is 11.2. The highest BCUT2D eigenvalue weighted by Crippen LogP contribution is 2.27. The summed E-state index contributed by atoms with van der Waals surface area (Å²) in [6.45, 7) is 2.74. The van der Waals surface area contributed by atoms with Gasteiger partial charge in [0.15, 0.2) is 0 Å². The summed E-state index contributed by atoms with van der Waals surface area (Å²) in [7, 11) is 3.51. The van der Waals surface area contributed by atoms with Gasteiger partial charge in [-0.3, -0.25) is 4.98 Å². The summed E-state index contributed by atoms with van der Waals surface area (Å²) in [6.07, 6.45) is 3.23. The van der Waals surface area contributed by atoms with Crippen LogP contribution in [0.3, 0.4) is 0 Å². The van der Waals surface area contributed by atoms with E-state index in [1.165, 1.54) is 0 Å². The van der Waals surface area contributed by atoms with Crippen LogP contribution in [0.5, 0.6) is 11.5 Å². The second kappa shape index (κ2) is 8.66. The Labute approximate surface area is 166 Å². The van der Waals surface area contributed by atoms with Gasteiger partial charge in [0.05, 0.1) is 31.7 Å². The van der Waals surface area contributed by atoms with Crippen molar-refractivity contribution in [2.75, 3.05) is 32.2 Å². The van der Waals surface area contributed by atoms with Crippen LogP contribution in [0.1, 0.15) is 15.4 Å². The van der Waals surface area contributed by atoms with Crippen molar-refractivity contribution in [3.8, 4) is 22.2 Å². The number of hydrogen-bond donors (Lipinski definition) is 1. The SMILES string of the molecule is COc1ccc(OCCN(C)c2cncc(-c3nc(C)c(C(=O)O)s3)n2)cc1. The van der Waals surface area contributed by atoms with Gasteiger partial charge in [0, 0.05) is 7.05 Å². The molecule has 0 aliphatic rings. The smallest absolute Gasteiger partial charge is 0.347 e. The van der Waals surface area contributed by atoms with Gasteiger partial charge in [0.1, 0.15) is 39.5 Å². The summed E-state index contributed by atoms with van der Waals surface area (Å²) in [5.74, 6) is 1.20. The molecule has 0 aliphatic heterocycles. The van der Waals surface area contributed by atoms with Gasteiger partial charge in [0.25, 0.3) is 0 Å². The van der Waals surface area contributed by atoms with Crippen molar-refractivity contribution >= 4 is 23.1 Å². The Balaban J connectivity index is 1.64. The molecule has 2 heterocycles. The fraction of sp³-hybridized carbons (Fsp3) is 0.263. The molecule has 3 rings (SSSR count). The number of thiazole rings is 1. The number of benzene rings is 1. The van der Waals surface area contributed by atoms with E-state index in [1.807, 2.05) is 36.2 Å². The summed E-state index contributed by atoms with van der Waals surface area (Å²) < 4.78 is 10.9. The number of rotatable bonds is 8. The molecule has 1 N–H and O–H groups in total. The van der Waals surface area contributed by atoms with E-state index < -0.39 is 5.97 Å². The molecule has 0 bridgehead atoms. The number of carboxylic acids is 1. The molecule has 1 aromatic carbocycles. The fourth-order valence-corrected chi connectivity index (χ4v) is 3.29. The third-order valence-electron chi connectivity index (χ3n) is 3.98. The molecule has 0 saturated carbocycles. The van der Waals surface area contributed by atoms with E-state index in [4.69, 9.17) is 9.47 Å². The lowest BCUT2D eigenvalue weighted by Crippen LogP contribution is -2.24. The third-order valence-corrected chi connectivity index (χ3v) is 5.15. The van der Waals surface area contributed by atoms with Crippen LogP contribution in [0.25, 0.3) is 10.7 Å². The summed E-state index contributed by atoms with van der Waals surface area (Å²) >= 11 is 1.09. The number of likely N-dealkylation sites (N-methyl/N-ethyl adjacent to an activating group) is 1. The zero-order valence-corrected chi connectivity index (χ0v) is 16.6. The number of carbonyl (C=O) groups is 1. The van der Waals surface area contributed by atoms with Crippen molar-refractivity contribution in [3.63, 3.8) is 0 Å². The van der Waals surface area contributed by atoms with Gasteiger partial charge in [-0.05, 0) is 31.2 Å². The molecule has 28 heavy (non-hydrogen) atoms. The van der Waals surface area contributed by atoms with E-state index in [0.717, 1.165) is 22.8 Å². The number of aromatic nitrogens is 3. The van der Waals surface area contributed by atoms with Crippen molar-refractivity contribution in [2.45, 2.75) is 6.92 Å². The first kappa shape index (κ1) is 19.6. The maximum Gasteiger partial charge on any atom is 0.347 e. The predicted molar refractivity (Wildman–Crippen MR) is 107 cm³/mol. The lowest BCUT2D eigenvalue weighted by atomic mass is 10.3. The van der Waals surface area contributed by atoms with E-state index in [0.29, 0.717) is 35.4 Å². The van der Waals surface area contributed by atoms with Crippen LogP contribution in [0.15, 0.2) is 36.7 Å². The van der Waals surface area contributed by atoms with Gasteiger partial charge in [-0.1, -0.05) is 0 Å². The molecule has 0 aliphatic carbocycles. The summed E-state index contributed by atoms with van der Waals surface area (Å²) in [5.41, 5.74) is 1.02. The van der Waals surface area contributed by atoms with Gasteiger partial charge in [0.2, 0.25) is 0 Å². The van der Waals surface area contributed by atoms with Crippen LogP contribution in [0.4, 0.5) is 5.82 Å². The number of methoxy groups -OCH3 is 1. The molecule has 0 saturated heterocycles. The Morgan fingerprint density at radius 1 is 1.18 bits per heavy atom. The van der Waals surface area contributed by atoms with Crippen molar-refractivity contribution in [1.82, 2.24) is 15.0 Å². The molecule has 2 aromatic heterocycles. The first-order valence-electron chi connectivity index (χ1n) is 8.49. The number of ether oxygens (including phenoxy) is 2. The zero-order valence-electron chi connectivity index (χ0n) is 15.7. The second-order valence-electron chi connectivity index (χ2n) is 5.95. The average molecular weight is 400 g/mol. The third kappa shape index (κ3) is 4.55. The first-order chi connectivity index (χ1) is 13.5. The molecule has 9 heteroatoms. The number of hydrogen-bond acceptors (Lipinski definition) is 8. The largest absolute Gasteiger partial charge is 0.497 e. The van der Waals surface area contributed by atoms with Crippen molar-refractivity contribution in [3.05, 3.63) is 47.2 Å². The minimum Gasteiger partial charge on any atom is -0.497 e. The normalized spacial score (nSPS) is 10.5. The highest BCUT2D eigenvalue weighted by atomic mass is 32.1. The van der Waals surface area contributed by atoms with Crippen molar-refractivity contribution in [2.24, 2.45) is 0 Å². The molecule has 146 valence electrons. The maximum absolute atomic E-state index is 11.2. The van der Waals surface area contributed by atoms with Crippen LogP contribution in [0, 0.1) is 6.92 Å². The van der Waals surface area contributed by atoms with Gasteiger partial charge >= 0.3 is 5.97 Å². The number of aryl methyl sites for hydroxylation is 1. The van der Waals surface area contributed by atoms with Gasteiger partial charge in [-0.15, -0.1) is 11.3 Å².